The van der Waals surface area contributed by atoms with E-state index in [1.165, 1.54) is 24.3 Å². The van der Waals surface area contributed by atoms with Crippen molar-refractivity contribution in [1.82, 2.24) is 14.7 Å². The number of aromatic nitrogens is 2. The van der Waals surface area contributed by atoms with Gasteiger partial charge < -0.3 is 9.32 Å². The molecular weight excluding hydrogens is 313 g/mol. The summed E-state index contributed by atoms with van der Waals surface area (Å²) in [7, 11) is 0. The second-order valence-electron chi connectivity index (χ2n) is 6.58. The van der Waals surface area contributed by atoms with Crippen LogP contribution in [0.25, 0.3) is 11.5 Å². The van der Waals surface area contributed by atoms with Gasteiger partial charge in [0.1, 0.15) is 12.4 Å². The molecule has 1 amide bonds. The molecule has 2 unspecified atom stereocenters. The van der Waals surface area contributed by atoms with Gasteiger partial charge in [0.05, 0.1) is 0 Å². The van der Waals surface area contributed by atoms with Crippen LogP contribution in [0.5, 0.6) is 0 Å². The Labute approximate surface area is 138 Å². The maximum absolute atomic E-state index is 13.0. The van der Waals surface area contributed by atoms with Crippen molar-refractivity contribution in [2.24, 2.45) is 11.8 Å². The summed E-state index contributed by atoms with van der Waals surface area (Å²) in [6, 6.07) is 5.47. The van der Waals surface area contributed by atoms with Crippen LogP contribution in [-0.2, 0) is 11.3 Å². The normalized spacial score (nSPS) is 21.0. The van der Waals surface area contributed by atoms with Gasteiger partial charge in [-0.05, 0) is 42.5 Å². The summed E-state index contributed by atoms with van der Waals surface area (Å²) < 4.78 is 19.1. The highest BCUT2D eigenvalue weighted by Gasteiger charge is 2.26. The van der Waals surface area contributed by atoms with Crippen molar-refractivity contribution in [3.8, 4) is 11.5 Å². The molecule has 0 bridgehead atoms. The first-order chi connectivity index (χ1) is 11.4. The first-order valence-corrected chi connectivity index (χ1v) is 8.04. The van der Waals surface area contributed by atoms with Crippen LogP contribution in [0, 0.1) is 17.7 Å². The Kier molecular flexibility index (Phi) is 4.51. The molecule has 6 nitrogen and oxygen atoms in total. The van der Waals surface area contributed by atoms with Gasteiger partial charge in [0, 0.05) is 18.7 Å². The van der Waals surface area contributed by atoms with Crippen LogP contribution >= 0.6 is 0 Å². The lowest BCUT2D eigenvalue weighted by Crippen LogP contribution is -2.44. The standard InChI is InChI=1S/C17H20FN3O3/c1-11-7-12(2)9-20(8-11)15(22)10-21-17(23)24-16(19-21)13-3-5-14(18)6-4-13/h3-6,11-12H,7-10H2,1-2H3. The van der Waals surface area contributed by atoms with Crippen LogP contribution < -0.4 is 5.76 Å². The minimum Gasteiger partial charge on any atom is -0.388 e. The van der Waals surface area contributed by atoms with E-state index in [9.17, 15) is 14.0 Å². The van der Waals surface area contributed by atoms with E-state index in [-0.39, 0.29) is 24.2 Å². The lowest BCUT2D eigenvalue weighted by Gasteiger charge is -2.34. The molecule has 3 rings (SSSR count). The molecule has 1 saturated heterocycles. The van der Waals surface area contributed by atoms with Crippen LogP contribution in [0.15, 0.2) is 33.5 Å². The largest absolute Gasteiger partial charge is 0.437 e. The molecule has 2 atom stereocenters. The lowest BCUT2D eigenvalue weighted by atomic mass is 9.92. The summed E-state index contributed by atoms with van der Waals surface area (Å²) in [5.41, 5.74) is 0.486. The van der Waals surface area contributed by atoms with Gasteiger partial charge in [0.2, 0.25) is 11.8 Å². The number of benzene rings is 1. The van der Waals surface area contributed by atoms with E-state index in [4.69, 9.17) is 4.42 Å². The predicted molar refractivity (Wildman–Crippen MR) is 85.7 cm³/mol. The number of carbonyl (C=O) groups excluding carboxylic acids is 1. The Morgan fingerprint density at radius 2 is 1.88 bits per heavy atom. The lowest BCUT2D eigenvalue weighted by molar-refractivity contribution is -0.134. The van der Waals surface area contributed by atoms with E-state index < -0.39 is 5.76 Å². The number of rotatable bonds is 3. The van der Waals surface area contributed by atoms with Gasteiger partial charge >= 0.3 is 5.76 Å². The van der Waals surface area contributed by atoms with E-state index >= 15 is 0 Å². The molecule has 0 aliphatic carbocycles. The van der Waals surface area contributed by atoms with Crippen LogP contribution in [0.3, 0.4) is 0 Å². The van der Waals surface area contributed by atoms with Crippen molar-refractivity contribution < 1.29 is 13.6 Å². The fourth-order valence-electron chi connectivity index (χ4n) is 3.21. The number of nitrogens with zero attached hydrogens (tertiary/aromatic N) is 3. The second kappa shape index (κ2) is 6.59. The third-order valence-corrected chi connectivity index (χ3v) is 4.20. The molecular formula is C17H20FN3O3. The van der Waals surface area contributed by atoms with Crippen molar-refractivity contribution in [2.45, 2.75) is 26.8 Å². The molecule has 1 aliphatic rings. The maximum Gasteiger partial charge on any atom is 0.437 e. The molecule has 0 spiro atoms. The molecule has 2 aromatic rings. The van der Waals surface area contributed by atoms with Crippen LogP contribution in [0.4, 0.5) is 4.39 Å². The molecule has 1 aliphatic heterocycles. The quantitative estimate of drug-likeness (QED) is 0.863. The highest BCUT2D eigenvalue weighted by atomic mass is 19.1. The number of halogens is 1. The molecule has 128 valence electrons. The Hall–Kier alpha value is -2.44. The molecule has 24 heavy (non-hydrogen) atoms. The Balaban J connectivity index is 1.75. The van der Waals surface area contributed by atoms with Crippen LogP contribution in [-0.4, -0.2) is 33.7 Å². The van der Waals surface area contributed by atoms with Crippen molar-refractivity contribution in [3.63, 3.8) is 0 Å². The van der Waals surface area contributed by atoms with Crippen LogP contribution in [0.2, 0.25) is 0 Å². The SMILES string of the molecule is CC1CC(C)CN(C(=O)Cn2nc(-c3ccc(F)cc3)oc2=O)C1. The van der Waals surface area contributed by atoms with E-state index in [0.717, 1.165) is 11.1 Å². The average Bonchev–Trinajstić information content (AvgIpc) is 2.88. The van der Waals surface area contributed by atoms with Gasteiger partial charge in [0.25, 0.3) is 0 Å². The minimum atomic E-state index is -0.694. The topological polar surface area (TPSA) is 68.3 Å². The summed E-state index contributed by atoms with van der Waals surface area (Å²) in [4.78, 5) is 26.1. The molecule has 1 aromatic carbocycles. The summed E-state index contributed by atoms with van der Waals surface area (Å²) in [5.74, 6) is -0.254. The summed E-state index contributed by atoms with van der Waals surface area (Å²) in [5, 5.41) is 4.05. The van der Waals surface area contributed by atoms with Crippen molar-refractivity contribution >= 4 is 5.91 Å². The first-order valence-electron chi connectivity index (χ1n) is 8.04. The Morgan fingerprint density at radius 1 is 1.25 bits per heavy atom. The van der Waals surface area contributed by atoms with E-state index in [1.54, 1.807) is 4.90 Å². The number of carbonyl (C=O) groups is 1. The Bertz CT molecular complexity index is 771. The van der Waals surface area contributed by atoms with Gasteiger partial charge in [-0.25, -0.2) is 9.18 Å². The maximum atomic E-state index is 13.0. The van der Waals surface area contributed by atoms with Crippen molar-refractivity contribution in [2.75, 3.05) is 13.1 Å². The molecule has 0 radical (unpaired) electrons. The molecule has 0 N–H and O–H groups in total. The monoisotopic (exact) mass is 333 g/mol. The number of piperidine rings is 1. The smallest absolute Gasteiger partial charge is 0.388 e. The number of amides is 1. The average molecular weight is 333 g/mol. The van der Waals surface area contributed by atoms with E-state index in [0.29, 0.717) is 30.5 Å². The molecule has 2 heterocycles. The van der Waals surface area contributed by atoms with Crippen LogP contribution in [0.1, 0.15) is 20.3 Å². The second-order valence-corrected chi connectivity index (χ2v) is 6.58. The van der Waals surface area contributed by atoms with Crippen molar-refractivity contribution in [1.29, 1.82) is 0 Å². The summed E-state index contributed by atoms with van der Waals surface area (Å²) in [6.07, 6.45) is 1.10. The van der Waals surface area contributed by atoms with E-state index in [1.807, 2.05) is 0 Å². The number of hydrogen-bond donors (Lipinski definition) is 0. The molecule has 1 fully saturated rings. The van der Waals surface area contributed by atoms with Gasteiger partial charge in [-0.1, -0.05) is 13.8 Å². The third kappa shape index (κ3) is 3.55. The molecule has 0 saturated carbocycles. The first kappa shape index (κ1) is 16.4. The predicted octanol–water partition coefficient (Wildman–Crippen LogP) is 2.15. The Morgan fingerprint density at radius 3 is 2.50 bits per heavy atom. The zero-order valence-corrected chi connectivity index (χ0v) is 13.7. The van der Waals surface area contributed by atoms with Gasteiger partial charge in [-0.3, -0.25) is 4.79 Å². The molecule has 7 heteroatoms. The van der Waals surface area contributed by atoms with E-state index in [2.05, 4.69) is 18.9 Å². The third-order valence-electron chi connectivity index (χ3n) is 4.20. The molecule has 1 aromatic heterocycles. The number of hydrogen-bond acceptors (Lipinski definition) is 4. The fraction of sp³-hybridized carbons (Fsp3) is 0.471. The van der Waals surface area contributed by atoms with Gasteiger partial charge in [-0.2, -0.15) is 4.68 Å². The zero-order chi connectivity index (χ0) is 17.3. The highest BCUT2D eigenvalue weighted by molar-refractivity contribution is 5.76. The zero-order valence-electron chi connectivity index (χ0n) is 13.7. The minimum absolute atomic E-state index is 0.0770. The van der Waals surface area contributed by atoms with Gasteiger partial charge in [-0.15, -0.1) is 5.10 Å². The highest BCUT2D eigenvalue weighted by Crippen LogP contribution is 2.21. The van der Waals surface area contributed by atoms with Crippen molar-refractivity contribution in [3.05, 3.63) is 40.6 Å². The number of likely N-dealkylation sites (tertiary alicyclic amines) is 1. The summed E-state index contributed by atoms with van der Waals surface area (Å²) >= 11 is 0. The van der Waals surface area contributed by atoms with Gasteiger partial charge in [0.15, 0.2) is 0 Å². The fourth-order valence-corrected chi connectivity index (χ4v) is 3.21. The summed E-state index contributed by atoms with van der Waals surface area (Å²) in [6.45, 7) is 5.47.